The highest BCUT2D eigenvalue weighted by Gasteiger charge is 2.25. The van der Waals surface area contributed by atoms with Crippen molar-refractivity contribution in [3.63, 3.8) is 0 Å². The first-order valence-corrected chi connectivity index (χ1v) is 10.3. The Morgan fingerprint density at radius 1 is 1.10 bits per heavy atom. The first kappa shape index (κ1) is 19.3. The third kappa shape index (κ3) is 4.06. The van der Waals surface area contributed by atoms with Gasteiger partial charge in [0.1, 0.15) is 6.04 Å². The zero-order chi connectivity index (χ0) is 20.4. The van der Waals surface area contributed by atoms with Crippen molar-refractivity contribution >= 4 is 5.91 Å². The van der Waals surface area contributed by atoms with Crippen LogP contribution in [0.2, 0.25) is 0 Å². The number of tetrazole rings is 1. The van der Waals surface area contributed by atoms with Crippen LogP contribution in [0.4, 0.5) is 0 Å². The van der Waals surface area contributed by atoms with Crippen molar-refractivity contribution in [1.82, 2.24) is 25.5 Å². The number of rotatable bonds is 5. The number of nitrogens with zero attached hydrogens (tertiary/aromatic N) is 4. The maximum atomic E-state index is 12.8. The lowest BCUT2D eigenvalue weighted by atomic mass is 9.87. The summed E-state index contributed by atoms with van der Waals surface area (Å²) in [7, 11) is 0. The Hall–Kier alpha value is -3.02. The largest absolute Gasteiger partial charge is 0.347 e. The van der Waals surface area contributed by atoms with Gasteiger partial charge in [0.15, 0.2) is 0 Å². The van der Waals surface area contributed by atoms with Gasteiger partial charge < -0.3 is 5.32 Å². The van der Waals surface area contributed by atoms with Gasteiger partial charge in [0, 0.05) is 5.56 Å². The van der Waals surface area contributed by atoms with Gasteiger partial charge in [-0.1, -0.05) is 62.4 Å². The van der Waals surface area contributed by atoms with Crippen molar-refractivity contribution < 1.29 is 4.79 Å². The first-order valence-electron chi connectivity index (χ1n) is 10.3. The summed E-state index contributed by atoms with van der Waals surface area (Å²) >= 11 is 0. The maximum Gasteiger partial charge on any atom is 0.247 e. The second kappa shape index (κ2) is 8.15. The number of aryl methyl sites for hydroxylation is 1. The van der Waals surface area contributed by atoms with Crippen LogP contribution in [0.1, 0.15) is 68.3 Å². The average molecular weight is 390 g/mol. The lowest BCUT2D eigenvalue weighted by Crippen LogP contribution is -2.36. The van der Waals surface area contributed by atoms with Gasteiger partial charge in [0.2, 0.25) is 11.7 Å². The fourth-order valence-electron chi connectivity index (χ4n) is 3.82. The third-order valence-electron chi connectivity index (χ3n) is 5.68. The normalized spacial score (nSPS) is 17.0. The summed E-state index contributed by atoms with van der Waals surface area (Å²) in [5, 5.41) is 15.9. The Morgan fingerprint density at radius 3 is 2.62 bits per heavy atom. The zero-order valence-electron chi connectivity index (χ0n) is 17.2. The van der Waals surface area contributed by atoms with Crippen molar-refractivity contribution in [3.05, 3.63) is 65.2 Å². The number of benzene rings is 2. The summed E-state index contributed by atoms with van der Waals surface area (Å²) in [5.41, 5.74) is 4.70. The minimum atomic E-state index is -0.528. The highest BCUT2D eigenvalue weighted by molar-refractivity contribution is 5.80. The highest BCUT2D eigenvalue weighted by Crippen LogP contribution is 2.29. The number of nitrogens with one attached hydrogen (secondary N) is 1. The van der Waals surface area contributed by atoms with Crippen LogP contribution in [-0.4, -0.2) is 26.1 Å². The summed E-state index contributed by atoms with van der Waals surface area (Å²) < 4.78 is 0. The van der Waals surface area contributed by atoms with Gasteiger partial charge in [-0.2, -0.15) is 4.80 Å². The predicted molar refractivity (Wildman–Crippen MR) is 112 cm³/mol. The van der Waals surface area contributed by atoms with E-state index in [1.54, 1.807) is 6.92 Å². The molecule has 1 amide bonds. The maximum absolute atomic E-state index is 12.8. The zero-order valence-corrected chi connectivity index (χ0v) is 17.2. The Kier molecular flexibility index (Phi) is 5.43. The van der Waals surface area contributed by atoms with E-state index in [4.69, 9.17) is 0 Å². The van der Waals surface area contributed by atoms with Gasteiger partial charge in [0.05, 0.1) is 6.04 Å². The van der Waals surface area contributed by atoms with E-state index in [2.05, 4.69) is 64.9 Å². The number of fused-ring (bicyclic) bond motifs is 1. The standard InChI is InChI=1S/C23H27N5O/c1-15(2)17-11-13-19(14-12-17)22-25-27-28(26-22)16(3)23(29)24-21-10-6-8-18-7-4-5-9-20(18)21/h4-5,7,9,11-16,21H,6,8,10H2,1-3H3,(H,24,29)/t16-,21-/m1/s1. The van der Waals surface area contributed by atoms with Gasteiger partial charge in [-0.05, 0) is 54.0 Å². The molecule has 6 heteroatoms. The monoisotopic (exact) mass is 389 g/mol. The van der Waals surface area contributed by atoms with Crippen LogP contribution >= 0.6 is 0 Å². The van der Waals surface area contributed by atoms with Crippen molar-refractivity contribution in [2.75, 3.05) is 0 Å². The van der Waals surface area contributed by atoms with Crippen LogP contribution < -0.4 is 5.32 Å². The summed E-state index contributed by atoms with van der Waals surface area (Å²) in [6.45, 7) is 6.13. The summed E-state index contributed by atoms with van der Waals surface area (Å²) in [5.74, 6) is 0.912. The molecule has 2 atom stereocenters. The second-order valence-corrected chi connectivity index (χ2v) is 8.04. The Labute approximate surface area is 171 Å². The molecule has 0 saturated heterocycles. The van der Waals surface area contributed by atoms with Crippen LogP contribution in [-0.2, 0) is 11.2 Å². The summed E-state index contributed by atoms with van der Waals surface area (Å²) in [4.78, 5) is 14.2. The predicted octanol–water partition coefficient (Wildman–Crippen LogP) is 4.22. The minimum Gasteiger partial charge on any atom is -0.347 e. The van der Waals surface area contributed by atoms with E-state index in [0.29, 0.717) is 11.7 Å². The molecule has 0 radical (unpaired) electrons. The van der Waals surface area contributed by atoms with Crippen molar-refractivity contribution in [1.29, 1.82) is 0 Å². The molecule has 0 spiro atoms. The van der Waals surface area contributed by atoms with E-state index in [0.717, 1.165) is 24.8 Å². The quantitative estimate of drug-likeness (QED) is 0.709. The van der Waals surface area contributed by atoms with E-state index in [1.165, 1.54) is 21.5 Å². The van der Waals surface area contributed by atoms with Crippen molar-refractivity contribution in [2.24, 2.45) is 0 Å². The van der Waals surface area contributed by atoms with Crippen molar-refractivity contribution in [3.8, 4) is 11.4 Å². The van der Waals surface area contributed by atoms with E-state index in [9.17, 15) is 4.79 Å². The highest BCUT2D eigenvalue weighted by atomic mass is 16.2. The second-order valence-electron chi connectivity index (χ2n) is 8.04. The molecule has 6 nitrogen and oxygen atoms in total. The van der Waals surface area contributed by atoms with E-state index >= 15 is 0 Å². The van der Waals surface area contributed by atoms with Crippen LogP contribution in [0, 0.1) is 0 Å². The number of carbonyl (C=O) groups is 1. The molecular formula is C23H27N5O. The number of hydrogen-bond acceptors (Lipinski definition) is 4. The smallest absolute Gasteiger partial charge is 0.247 e. The van der Waals surface area contributed by atoms with Gasteiger partial charge >= 0.3 is 0 Å². The molecule has 4 rings (SSSR count). The molecule has 1 aromatic heterocycles. The summed E-state index contributed by atoms with van der Waals surface area (Å²) in [6, 6.07) is 16.0. The molecule has 1 aliphatic rings. The van der Waals surface area contributed by atoms with Gasteiger partial charge in [-0.3, -0.25) is 4.79 Å². The van der Waals surface area contributed by atoms with Crippen LogP contribution in [0.25, 0.3) is 11.4 Å². The fraction of sp³-hybridized carbons (Fsp3) is 0.391. The summed E-state index contributed by atoms with van der Waals surface area (Å²) in [6.07, 6.45) is 3.10. The Balaban J connectivity index is 1.46. The van der Waals surface area contributed by atoms with Gasteiger partial charge in [-0.25, -0.2) is 0 Å². The van der Waals surface area contributed by atoms with Crippen LogP contribution in [0.5, 0.6) is 0 Å². The molecule has 1 N–H and O–H groups in total. The number of aromatic nitrogens is 4. The molecule has 0 bridgehead atoms. The fourth-order valence-corrected chi connectivity index (χ4v) is 3.82. The molecule has 2 aromatic carbocycles. The molecule has 0 aliphatic heterocycles. The number of hydrogen-bond donors (Lipinski definition) is 1. The number of amides is 1. The first-order chi connectivity index (χ1) is 14.0. The molecule has 0 saturated carbocycles. The van der Waals surface area contributed by atoms with E-state index in [1.807, 2.05) is 18.2 Å². The molecule has 1 aliphatic carbocycles. The minimum absolute atomic E-state index is 0.0430. The Morgan fingerprint density at radius 2 is 1.86 bits per heavy atom. The topological polar surface area (TPSA) is 72.7 Å². The molecule has 29 heavy (non-hydrogen) atoms. The Bertz CT molecular complexity index is 993. The molecular weight excluding hydrogens is 362 g/mol. The number of carbonyl (C=O) groups excluding carboxylic acids is 1. The molecule has 0 fully saturated rings. The molecule has 150 valence electrons. The molecule has 3 aromatic rings. The molecule has 1 heterocycles. The van der Waals surface area contributed by atoms with Gasteiger partial charge in [-0.15, -0.1) is 10.2 Å². The average Bonchev–Trinajstić information content (AvgIpc) is 3.23. The van der Waals surface area contributed by atoms with Crippen molar-refractivity contribution in [2.45, 2.75) is 58.0 Å². The van der Waals surface area contributed by atoms with Crippen LogP contribution in [0.15, 0.2) is 48.5 Å². The SMILES string of the molecule is CC(C)c1ccc(-c2nnn([C@H](C)C(=O)N[C@@H]3CCCc4ccccc43)n2)cc1. The van der Waals surface area contributed by atoms with E-state index < -0.39 is 6.04 Å². The lowest BCUT2D eigenvalue weighted by Gasteiger charge is -2.27. The van der Waals surface area contributed by atoms with Crippen LogP contribution in [0.3, 0.4) is 0 Å². The lowest BCUT2D eigenvalue weighted by molar-refractivity contribution is -0.125. The van der Waals surface area contributed by atoms with Gasteiger partial charge in [0.25, 0.3) is 0 Å². The van der Waals surface area contributed by atoms with E-state index in [-0.39, 0.29) is 11.9 Å². The molecule has 0 unspecified atom stereocenters. The third-order valence-corrected chi connectivity index (χ3v) is 5.68.